The zero-order valence-electron chi connectivity index (χ0n) is 12.4. The van der Waals surface area contributed by atoms with Crippen molar-refractivity contribution in [2.45, 2.75) is 33.3 Å². The van der Waals surface area contributed by atoms with E-state index in [1.165, 1.54) is 0 Å². The fourth-order valence-corrected chi connectivity index (χ4v) is 2.23. The molecule has 1 aromatic carbocycles. The molecule has 2 rings (SSSR count). The molecule has 5 heteroatoms. The Balaban J connectivity index is 2.10. The molecule has 4 nitrogen and oxygen atoms in total. The Bertz CT molecular complexity index is 572. The van der Waals surface area contributed by atoms with E-state index in [-0.39, 0.29) is 0 Å². The Morgan fingerprint density at radius 2 is 1.90 bits per heavy atom. The first-order valence-electron chi connectivity index (χ1n) is 7.19. The van der Waals surface area contributed by atoms with Gasteiger partial charge in [0.05, 0.1) is 5.56 Å². The largest absolute Gasteiger partial charge is 0.472 e. The van der Waals surface area contributed by atoms with Crippen LogP contribution in [0.25, 0.3) is 0 Å². The summed E-state index contributed by atoms with van der Waals surface area (Å²) in [5.74, 6) is 1.54. The highest BCUT2D eigenvalue weighted by Crippen LogP contribution is 2.23. The first kappa shape index (κ1) is 15.8. The molecule has 112 valence electrons. The van der Waals surface area contributed by atoms with Crippen molar-refractivity contribution in [3.05, 3.63) is 46.2 Å². The molecule has 0 atom stereocenters. The standard InChI is InChI=1S/C16H20BrN3O/c1-3-9-18-15-14(4-2)16(20-11-19-15)21-10-12-5-7-13(17)8-6-12/h5-8,11H,3-4,9-10H2,1-2H3,(H,18,19,20). The van der Waals surface area contributed by atoms with Gasteiger partial charge in [-0.25, -0.2) is 9.97 Å². The average molecular weight is 350 g/mol. The quantitative estimate of drug-likeness (QED) is 0.813. The molecule has 0 spiro atoms. The minimum Gasteiger partial charge on any atom is -0.472 e. The minimum absolute atomic E-state index is 0.504. The predicted octanol–water partition coefficient (Wildman–Crippen LogP) is 4.20. The maximum absolute atomic E-state index is 5.87. The van der Waals surface area contributed by atoms with E-state index in [4.69, 9.17) is 4.74 Å². The Kier molecular flexibility index (Phi) is 5.99. The molecule has 0 saturated heterocycles. The van der Waals surface area contributed by atoms with Crippen LogP contribution in [0.4, 0.5) is 5.82 Å². The second kappa shape index (κ2) is 7.98. The molecule has 0 fully saturated rings. The van der Waals surface area contributed by atoms with Crippen molar-refractivity contribution in [3.8, 4) is 5.88 Å². The van der Waals surface area contributed by atoms with Gasteiger partial charge in [0.25, 0.3) is 0 Å². The van der Waals surface area contributed by atoms with Crippen molar-refractivity contribution < 1.29 is 4.74 Å². The minimum atomic E-state index is 0.504. The maximum Gasteiger partial charge on any atom is 0.222 e. The zero-order chi connectivity index (χ0) is 15.1. The number of rotatable bonds is 7. The number of anilines is 1. The molecule has 1 aromatic heterocycles. The third kappa shape index (κ3) is 4.43. The molecule has 0 amide bonds. The number of aromatic nitrogens is 2. The van der Waals surface area contributed by atoms with E-state index in [2.05, 4.69) is 45.1 Å². The van der Waals surface area contributed by atoms with Gasteiger partial charge >= 0.3 is 0 Å². The lowest BCUT2D eigenvalue weighted by Crippen LogP contribution is -2.08. The molecular weight excluding hydrogens is 330 g/mol. The first-order chi connectivity index (χ1) is 10.2. The third-order valence-corrected chi connectivity index (χ3v) is 3.62. The van der Waals surface area contributed by atoms with Gasteiger partial charge in [-0.05, 0) is 30.5 Å². The van der Waals surface area contributed by atoms with Gasteiger partial charge in [-0.2, -0.15) is 0 Å². The van der Waals surface area contributed by atoms with Crippen LogP contribution in [-0.2, 0) is 13.0 Å². The van der Waals surface area contributed by atoms with Gasteiger partial charge in [0, 0.05) is 11.0 Å². The molecule has 0 aliphatic rings. The van der Waals surface area contributed by atoms with Crippen LogP contribution >= 0.6 is 15.9 Å². The summed E-state index contributed by atoms with van der Waals surface area (Å²) in [5.41, 5.74) is 2.14. The SMILES string of the molecule is CCCNc1ncnc(OCc2ccc(Br)cc2)c1CC. The van der Waals surface area contributed by atoms with Crippen LogP contribution in [0.1, 0.15) is 31.4 Å². The third-order valence-electron chi connectivity index (χ3n) is 3.09. The number of hydrogen-bond donors (Lipinski definition) is 1. The Hall–Kier alpha value is -1.62. The molecule has 0 saturated carbocycles. The molecule has 1 heterocycles. The van der Waals surface area contributed by atoms with Crippen LogP contribution in [-0.4, -0.2) is 16.5 Å². The van der Waals surface area contributed by atoms with Crippen LogP contribution in [0.2, 0.25) is 0 Å². The van der Waals surface area contributed by atoms with E-state index in [0.29, 0.717) is 12.5 Å². The summed E-state index contributed by atoms with van der Waals surface area (Å²) >= 11 is 3.43. The second-order valence-electron chi connectivity index (χ2n) is 4.70. The van der Waals surface area contributed by atoms with E-state index in [1.807, 2.05) is 24.3 Å². The lowest BCUT2D eigenvalue weighted by atomic mass is 10.2. The van der Waals surface area contributed by atoms with E-state index in [0.717, 1.165) is 40.8 Å². The molecule has 0 radical (unpaired) electrons. The van der Waals surface area contributed by atoms with Crippen LogP contribution in [0.5, 0.6) is 5.88 Å². The smallest absolute Gasteiger partial charge is 0.222 e. The Morgan fingerprint density at radius 3 is 2.57 bits per heavy atom. The van der Waals surface area contributed by atoms with E-state index in [1.54, 1.807) is 6.33 Å². The summed E-state index contributed by atoms with van der Waals surface area (Å²) in [6.45, 7) is 5.62. The maximum atomic E-state index is 5.87. The monoisotopic (exact) mass is 349 g/mol. The summed E-state index contributed by atoms with van der Waals surface area (Å²) in [6.07, 6.45) is 3.44. The van der Waals surface area contributed by atoms with Gasteiger partial charge in [-0.3, -0.25) is 0 Å². The van der Waals surface area contributed by atoms with E-state index in [9.17, 15) is 0 Å². The van der Waals surface area contributed by atoms with Gasteiger partial charge in [-0.15, -0.1) is 0 Å². The highest BCUT2D eigenvalue weighted by Gasteiger charge is 2.10. The topological polar surface area (TPSA) is 47.0 Å². The summed E-state index contributed by atoms with van der Waals surface area (Å²) in [7, 11) is 0. The van der Waals surface area contributed by atoms with Gasteiger partial charge in [0.1, 0.15) is 18.8 Å². The molecule has 0 aliphatic heterocycles. The lowest BCUT2D eigenvalue weighted by molar-refractivity contribution is 0.290. The van der Waals surface area contributed by atoms with Crippen LogP contribution in [0.3, 0.4) is 0 Å². The van der Waals surface area contributed by atoms with Gasteiger partial charge in [-0.1, -0.05) is 41.9 Å². The fourth-order valence-electron chi connectivity index (χ4n) is 1.97. The van der Waals surface area contributed by atoms with Crippen molar-refractivity contribution in [1.29, 1.82) is 0 Å². The number of nitrogens with zero attached hydrogens (tertiary/aromatic N) is 2. The Morgan fingerprint density at radius 1 is 1.14 bits per heavy atom. The summed E-state index contributed by atoms with van der Waals surface area (Å²) in [5, 5.41) is 3.32. The first-order valence-corrected chi connectivity index (χ1v) is 7.98. The highest BCUT2D eigenvalue weighted by molar-refractivity contribution is 9.10. The van der Waals surface area contributed by atoms with Crippen molar-refractivity contribution >= 4 is 21.7 Å². The normalized spacial score (nSPS) is 10.4. The number of halogens is 1. The summed E-state index contributed by atoms with van der Waals surface area (Å²) in [4.78, 5) is 8.57. The van der Waals surface area contributed by atoms with Gasteiger partial charge in [0.15, 0.2) is 0 Å². The van der Waals surface area contributed by atoms with Crippen LogP contribution in [0, 0.1) is 0 Å². The molecular formula is C16H20BrN3O. The van der Waals surface area contributed by atoms with Crippen molar-refractivity contribution in [3.63, 3.8) is 0 Å². The van der Waals surface area contributed by atoms with Crippen molar-refractivity contribution in [2.75, 3.05) is 11.9 Å². The summed E-state index contributed by atoms with van der Waals surface area (Å²) < 4.78 is 6.93. The lowest BCUT2D eigenvalue weighted by Gasteiger charge is -2.13. The summed E-state index contributed by atoms with van der Waals surface area (Å²) in [6, 6.07) is 8.08. The number of hydrogen-bond acceptors (Lipinski definition) is 4. The molecule has 0 unspecified atom stereocenters. The van der Waals surface area contributed by atoms with E-state index < -0.39 is 0 Å². The van der Waals surface area contributed by atoms with E-state index >= 15 is 0 Å². The molecule has 2 aromatic rings. The Labute approximate surface area is 134 Å². The number of ether oxygens (including phenoxy) is 1. The van der Waals surface area contributed by atoms with Crippen LogP contribution in [0.15, 0.2) is 35.1 Å². The molecule has 21 heavy (non-hydrogen) atoms. The molecule has 0 aliphatic carbocycles. The van der Waals surface area contributed by atoms with Crippen LogP contribution < -0.4 is 10.1 Å². The molecule has 0 bridgehead atoms. The van der Waals surface area contributed by atoms with Gasteiger partial charge < -0.3 is 10.1 Å². The van der Waals surface area contributed by atoms with Crippen molar-refractivity contribution in [2.24, 2.45) is 0 Å². The van der Waals surface area contributed by atoms with Crippen molar-refractivity contribution in [1.82, 2.24) is 9.97 Å². The number of benzene rings is 1. The number of nitrogens with one attached hydrogen (secondary N) is 1. The fraction of sp³-hybridized carbons (Fsp3) is 0.375. The second-order valence-corrected chi connectivity index (χ2v) is 5.62. The van der Waals surface area contributed by atoms with Gasteiger partial charge in [0.2, 0.25) is 5.88 Å². The predicted molar refractivity (Wildman–Crippen MR) is 88.7 cm³/mol. The highest BCUT2D eigenvalue weighted by atomic mass is 79.9. The zero-order valence-corrected chi connectivity index (χ0v) is 14.0. The molecule has 1 N–H and O–H groups in total. The average Bonchev–Trinajstić information content (AvgIpc) is 2.52.